The third kappa shape index (κ3) is 4.02. The number of hydrogen-bond donors (Lipinski definition) is 1. The van der Waals surface area contributed by atoms with Crippen molar-refractivity contribution in [2.24, 2.45) is 5.92 Å². The number of halogens is 2. The van der Waals surface area contributed by atoms with Crippen molar-refractivity contribution < 1.29 is 18.4 Å². The molecule has 2 aromatic carbocycles. The fourth-order valence-corrected chi connectivity index (χ4v) is 2.96. The van der Waals surface area contributed by atoms with Gasteiger partial charge in [-0.2, -0.15) is 0 Å². The van der Waals surface area contributed by atoms with E-state index in [2.05, 4.69) is 5.32 Å². The van der Waals surface area contributed by atoms with Crippen molar-refractivity contribution >= 4 is 17.5 Å². The summed E-state index contributed by atoms with van der Waals surface area (Å²) in [5.74, 6) is -1.95. The Kier molecular flexibility index (Phi) is 5.07. The van der Waals surface area contributed by atoms with E-state index in [0.29, 0.717) is 25.1 Å². The standard InChI is InChI=1S/C19H18F2N2O2/c20-14-7-9-15(10-8-14)22-18(24)13-4-3-11-23(12-13)19(25)16-5-1-2-6-17(16)21/h1-2,5-10,13H,3-4,11-12H2,(H,22,24)/t13-/m1/s1. The number of carbonyl (C=O) groups excluding carboxylic acids is 2. The summed E-state index contributed by atoms with van der Waals surface area (Å²) in [4.78, 5) is 26.4. The van der Waals surface area contributed by atoms with Gasteiger partial charge < -0.3 is 10.2 Å². The van der Waals surface area contributed by atoms with Crippen molar-refractivity contribution in [3.8, 4) is 0 Å². The number of anilines is 1. The average Bonchev–Trinajstić information content (AvgIpc) is 2.63. The smallest absolute Gasteiger partial charge is 0.256 e. The van der Waals surface area contributed by atoms with E-state index < -0.39 is 11.7 Å². The largest absolute Gasteiger partial charge is 0.338 e. The van der Waals surface area contributed by atoms with Gasteiger partial charge in [-0.25, -0.2) is 8.78 Å². The lowest BCUT2D eigenvalue weighted by atomic mass is 9.96. The number of benzene rings is 2. The van der Waals surface area contributed by atoms with E-state index in [1.165, 1.54) is 47.4 Å². The maximum absolute atomic E-state index is 13.8. The predicted molar refractivity (Wildman–Crippen MR) is 90.1 cm³/mol. The average molecular weight is 344 g/mol. The van der Waals surface area contributed by atoms with Crippen LogP contribution in [0.3, 0.4) is 0 Å². The minimum atomic E-state index is -0.564. The van der Waals surface area contributed by atoms with Crippen LogP contribution >= 0.6 is 0 Å². The lowest BCUT2D eigenvalue weighted by Gasteiger charge is -2.32. The normalized spacial score (nSPS) is 17.2. The highest BCUT2D eigenvalue weighted by molar-refractivity contribution is 5.96. The lowest BCUT2D eigenvalue weighted by molar-refractivity contribution is -0.121. The van der Waals surface area contributed by atoms with E-state index >= 15 is 0 Å². The number of carbonyl (C=O) groups is 2. The van der Waals surface area contributed by atoms with Gasteiger partial charge in [-0.3, -0.25) is 9.59 Å². The van der Waals surface area contributed by atoms with E-state index in [1.54, 1.807) is 6.07 Å². The number of hydrogen-bond acceptors (Lipinski definition) is 2. The van der Waals surface area contributed by atoms with Gasteiger partial charge in [0.1, 0.15) is 11.6 Å². The van der Waals surface area contributed by atoms with Crippen molar-refractivity contribution in [1.29, 1.82) is 0 Å². The molecule has 1 heterocycles. The zero-order valence-electron chi connectivity index (χ0n) is 13.5. The molecule has 1 N–H and O–H groups in total. The van der Waals surface area contributed by atoms with E-state index in [0.717, 1.165) is 0 Å². The molecule has 130 valence electrons. The van der Waals surface area contributed by atoms with Crippen LogP contribution in [0.25, 0.3) is 0 Å². The molecule has 3 rings (SSSR count). The molecule has 6 heteroatoms. The highest BCUT2D eigenvalue weighted by Crippen LogP contribution is 2.21. The van der Waals surface area contributed by atoms with Gasteiger partial charge in [-0.15, -0.1) is 0 Å². The maximum atomic E-state index is 13.8. The topological polar surface area (TPSA) is 49.4 Å². The first-order chi connectivity index (χ1) is 12.0. The zero-order valence-corrected chi connectivity index (χ0v) is 13.5. The quantitative estimate of drug-likeness (QED) is 0.927. The molecule has 0 unspecified atom stereocenters. The molecule has 0 aromatic heterocycles. The first kappa shape index (κ1) is 17.1. The predicted octanol–water partition coefficient (Wildman–Crippen LogP) is 3.46. The van der Waals surface area contributed by atoms with Gasteiger partial charge in [-0.05, 0) is 49.2 Å². The second-order valence-electron chi connectivity index (χ2n) is 6.07. The third-order valence-electron chi connectivity index (χ3n) is 4.30. The second kappa shape index (κ2) is 7.42. The van der Waals surface area contributed by atoms with Crippen LogP contribution in [0, 0.1) is 17.6 Å². The lowest BCUT2D eigenvalue weighted by Crippen LogP contribution is -2.44. The molecule has 1 saturated heterocycles. The molecule has 1 fully saturated rings. The molecule has 1 aliphatic rings. The molecule has 25 heavy (non-hydrogen) atoms. The van der Waals surface area contributed by atoms with Gasteiger partial charge in [0.05, 0.1) is 11.5 Å². The van der Waals surface area contributed by atoms with Crippen LogP contribution in [-0.2, 0) is 4.79 Å². The number of nitrogens with one attached hydrogen (secondary N) is 1. The summed E-state index contributed by atoms with van der Waals surface area (Å²) < 4.78 is 26.7. The monoisotopic (exact) mass is 344 g/mol. The maximum Gasteiger partial charge on any atom is 0.256 e. The Balaban J connectivity index is 1.66. The van der Waals surface area contributed by atoms with Gasteiger partial charge in [0, 0.05) is 18.8 Å². The molecule has 2 amide bonds. The van der Waals surface area contributed by atoms with Crippen molar-refractivity contribution in [2.75, 3.05) is 18.4 Å². The molecule has 2 aromatic rings. The van der Waals surface area contributed by atoms with Crippen molar-refractivity contribution in [3.63, 3.8) is 0 Å². The van der Waals surface area contributed by atoms with Gasteiger partial charge in [-0.1, -0.05) is 12.1 Å². The molecule has 0 saturated carbocycles. The van der Waals surface area contributed by atoms with E-state index in [1.807, 2.05) is 0 Å². The minimum Gasteiger partial charge on any atom is -0.338 e. The van der Waals surface area contributed by atoms with E-state index in [-0.39, 0.29) is 29.8 Å². The Hall–Kier alpha value is -2.76. The Labute approximate surface area is 144 Å². The summed E-state index contributed by atoms with van der Waals surface area (Å²) in [5, 5.41) is 2.73. The number of nitrogens with zero attached hydrogens (tertiary/aromatic N) is 1. The van der Waals surface area contributed by atoms with Crippen LogP contribution in [0.2, 0.25) is 0 Å². The summed E-state index contributed by atoms with van der Waals surface area (Å²) in [6, 6.07) is 11.3. The minimum absolute atomic E-state index is 0.0158. The second-order valence-corrected chi connectivity index (χ2v) is 6.07. The fourth-order valence-electron chi connectivity index (χ4n) is 2.96. The molecule has 4 nitrogen and oxygen atoms in total. The Morgan fingerprint density at radius 3 is 2.48 bits per heavy atom. The molecular weight excluding hydrogens is 326 g/mol. The van der Waals surface area contributed by atoms with Gasteiger partial charge >= 0.3 is 0 Å². The van der Waals surface area contributed by atoms with Crippen LogP contribution in [-0.4, -0.2) is 29.8 Å². The van der Waals surface area contributed by atoms with Crippen LogP contribution in [0.15, 0.2) is 48.5 Å². The summed E-state index contributed by atoms with van der Waals surface area (Å²) in [5.41, 5.74) is 0.519. The Bertz CT molecular complexity index is 777. The van der Waals surface area contributed by atoms with E-state index in [9.17, 15) is 18.4 Å². The molecule has 0 bridgehead atoms. The van der Waals surface area contributed by atoms with E-state index in [4.69, 9.17) is 0 Å². The SMILES string of the molecule is O=C(Nc1ccc(F)cc1)[C@@H]1CCCN(C(=O)c2ccccc2F)C1. The summed E-state index contributed by atoms with van der Waals surface area (Å²) in [7, 11) is 0. The van der Waals surface area contributed by atoms with Gasteiger partial charge in [0.25, 0.3) is 5.91 Å². The van der Waals surface area contributed by atoms with Crippen LogP contribution in [0.5, 0.6) is 0 Å². The van der Waals surface area contributed by atoms with Crippen molar-refractivity contribution in [1.82, 2.24) is 4.90 Å². The summed E-state index contributed by atoms with van der Waals surface area (Å²) in [6.07, 6.45) is 1.32. The highest BCUT2D eigenvalue weighted by Gasteiger charge is 2.29. The highest BCUT2D eigenvalue weighted by atomic mass is 19.1. The number of rotatable bonds is 3. The zero-order chi connectivity index (χ0) is 17.8. The summed E-state index contributed by atoms with van der Waals surface area (Å²) >= 11 is 0. The summed E-state index contributed by atoms with van der Waals surface area (Å²) in [6.45, 7) is 0.730. The third-order valence-corrected chi connectivity index (χ3v) is 4.30. The number of likely N-dealkylation sites (tertiary alicyclic amines) is 1. The van der Waals surface area contributed by atoms with Gasteiger partial charge in [0.2, 0.25) is 5.91 Å². The van der Waals surface area contributed by atoms with Crippen LogP contribution in [0.1, 0.15) is 23.2 Å². The van der Waals surface area contributed by atoms with Gasteiger partial charge in [0.15, 0.2) is 0 Å². The number of piperidine rings is 1. The molecule has 1 aliphatic heterocycles. The van der Waals surface area contributed by atoms with Crippen LogP contribution in [0.4, 0.5) is 14.5 Å². The Morgan fingerprint density at radius 2 is 1.76 bits per heavy atom. The molecule has 0 radical (unpaired) electrons. The molecule has 0 spiro atoms. The van der Waals surface area contributed by atoms with Crippen molar-refractivity contribution in [2.45, 2.75) is 12.8 Å². The molecule has 1 atom stereocenters. The van der Waals surface area contributed by atoms with Crippen molar-refractivity contribution in [3.05, 3.63) is 65.7 Å². The number of amides is 2. The first-order valence-corrected chi connectivity index (χ1v) is 8.15. The molecule has 0 aliphatic carbocycles. The first-order valence-electron chi connectivity index (χ1n) is 8.15. The van der Waals surface area contributed by atoms with Crippen LogP contribution < -0.4 is 5.32 Å². The Morgan fingerprint density at radius 1 is 1.04 bits per heavy atom. The fraction of sp³-hybridized carbons (Fsp3) is 0.263. The molecular formula is C19H18F2N2O2.